The first kappa shape index (κ1) is 26.2. The average molecular weight is 488 g/mol. The van der Waals surface area contributed by atoms with Crippen molar-refractivity contribution in [3.63, 3.8) is 0 Å². The molecule has 0 aromatic heterocycles. The van der Waals surface area contributed by atoms with Crippen molar-refractivity contribution in [1.29, 1.82) is 0 Å². The second-order valence-electron chi connectivity index (χ2n) is 12.1. The summed E-state index contributed by atoms with van der Waals surface area (Å²) in [6, 6.07) is -0.126. The molecule has 6 heteroatoms. The van der Waals surface area contributed by atoms with Gasteiger partial charge in [0.1, 0.15) is 12.2 Å². The second kappa shape index (κ2) is 10.3. The quantitative estimate of drug-likeness (QED) is 0.379. The lowest BCUT2D eigenvalue weighted by molar-refractivity contribution is -0.152. The van der Waals surface area contributed by atoms with Gasteiger partial charge in [-0.15, -0.1) is 0 Å². The van der Waals surface area contributed by atoms with E-state index in [0.717, 1.165) is 57.8 Å². The lowest BCUT2D eigenvalue weighted by atomic mass is 9.48. The van der Waals surface area contributed by atoms with Gasteiger partial charge in [-0.2, -0.15) is 0 Å². The normalized spacial score (nSPS) is 40.0. The van der Waals surface area contributed by atoms with Crippen LogP contribution in [0.1, 0.15) is 105 Å². The van der Waals surface area contributed by atoms with Crippen molar-refractivity contribution in [3.05, 3.63) is 11.6 Å². The molecule has 35 heavy (non-hydrogen) atoms. The Kier molecular flexibility index (Phi) is 7.68. The zero-order valence-electron chi connectivity index (χ0n) is 22.4. The van der Waals surface area contributed by atoms with E-state index in [9.17, 15) is 14.4 Å². The van der Waals surface area contributed by atoms with Gasteiger partial charge in [0.2, 0.25) is 5.91 Å². The van der Waals surface area contributed by atoms with Crippen molar-refractivity contribution in [2.45, 2.75) is 123 Å². The molecule has 3 fully saturated rings. The summed E-state index contributed by atoms with van der Waals surface area (Å²) in [5.74, 6) is 1.24. The monoisotopic (exact) mass is 487 g/mol. The lowest BCUT2D eigenvalue weighted by Crippen LogP contribution is -2.55. The number of nitrogens with one attached hydrogen (secondary N) is 1. The maximum absolute atomic E-state index is 12.4. The maximum Gasteiger partial charge on any atom is 0.306 e. The number of esters is 2. The predicted molar refractivity (Wildman–Crippen MR) is 134 cm³/mol. The highest BCUT2D eigenvalue weighted by Crippen LogP contribution is 2.65. The molecule has 8 atom stereocenters. The van der Waals surface area contributed by atoms with Crippen LogP contribution in [-0.4, -0.2) is 36.1 Å². The Morgan fingerprint density at radius 1 is 1.00 bits per heavy atom. The SMILES string of the molecule is CCCC(=O)OC1CCC2(C)C(=CCC3C2CCC2(C)C3CC(OC(=O)CCC)C2NC(C)=O)C1. The number of amides is 1. The van der Waals surface area contributed by atoms with Gasteiger partial charge in [-0.05, 0) is 80.0 Å². The number of carbonyl (C=O) groups excluding carboxylic acids is 3. The number of hydrogen-bond acceptors (Lipinski definition) is 5. The molecule has 0 aromatic rings. The van der Waals surface area contributed by atoms with Crippen LogP contribution < -0.4 is 5.32 Å². The maximum atomic E-state index is 12.4. The molecule has 3 saturated carbocycles. The Labute approximate surface area is 211 Å². The Bertz CT molecular complexity index is 867. The second-order valence-corrected chi connectivity index (χ2v) is 12.1. The van der Waals surface area contributed by atoms with Crippen LogP contribution in [0.5, 0.6) is 0 Å². The Morgan fingerprint density at radius 2 is 1.69 bits per heavy atom. The zero-order valence-corrected chi connectivity index (χ0v) is 22.4. The van der Waals surface area contributed by atoms with Crippen LogP contribution in [0.3, 0.4) is 0 Å². The van der Waals surface area contributed by atoms with Gasteiger partial charge in [0.15, 0.2) is 0 Å². The van der Waals surface area contributed by atoms with Crippen LogP contribution in [0.4, 0.5) is 0 Å². The molecule has 0 bridgehead atoms. The fourth-order valence-corrected chi connectivity index (χ4v) is 8.19. The number of carbonyl (C=O) groups is 3. The highest BCUT2D eigenvalue weighted by Gasteiger charge is 2.62. The fourth-order valence-electron chi connectivity index (χ4n) is 8.19. The topological polar surface area (TPSA) is 81.7 Å². The van der Waals surface area contributed by atoms with Gasteiger partial charge in [0.25, 0.3) is 0 Å². The smallest absolute Gasteiger partial charge is 0.306 e. The van der Waals surface area contributed by atoms with E-state index in [1.165, 1.54) is 5.57 Å². The van der Waals surface area contributed by atoms with Gasteiger partial charge in [0.05, 0.1) is 6.04 Å². The van der Waals surface area contributed by atoms with Gasteiger partial charge < -0.3 is 14.8 Å². The molecule has 0 aromatic carbocycles. The summed E-state index contributed by atoms with van der Waals surface area (Å²) in [7, 11) is 0. The largest absolute Gasteiger partial charge is 0.462 e. The van der Waals surface area contributed by atoms with Crippen LogP contribution >= 0.6 is 0 Å². The third-order valence-electron chi connectivity index (χ3n) is 9.91. The molecular weight excluding hydrogens is 442 g/mol. The number of rotatable bonds is 7. The van der Waals surface area contributed by atoms with Crippen molar-refractivity contribution >= 4 is 17.8 Å². The summed E-state index contributed by atoms with van der Waals surface area (Å²) >= 11 is 0. The summed E-state index contributed by atoms with van der Waals surface area (Å²) in [6.45, 7) is 10.3. The van der Waals surface area contributed by atoms with E-state index in [4.69, 9.17) is 9.47 Å². The van der Waals surface area contributed by atoms with Gasteiger partial charge in [-0.1, -0.05) is 39.3 Å². The molecule has 4 aliphatic rings. The standard InChI is InChI=1S/C29H45NO5/c1-6-8-25(32)34-20-12-14-28(4)19(16-20)10-11-21-22(28)13-15-29(5)23(21)17-24(27(29)30-18(3)31)35-26(33)9-7-2/h10,20-24,27H,6-9,11-17H2,1-5H3,(H,30,31). The predicted octanol–water partition coefficient (Wildman–Crippen LogP) is 5.49. The molecule has 1 amide bonds. The van der Waals surface area contributed by atoms with Crippen LogP contribution in [0, 0.1) is 28.6 Å². The van der Waals surface area contributed by atoms with E-state index >= 15 is 0 Å². The molecule has 196 valence electrons. The molecule has 0 radical (unpaired) electrons. The minimum absolute atomic E-state index is 0.0109. The zero-order chi connectivity index (χ0) is 25.4. The minimum Gasteiger partial charge on any atom is -0.462 e. The molecule has 0 aliphatic heterocycles. The molecule has 4 rings (SSSR count). The summed E-state index contributed by atoms with van der Waals surface area (Å²) in [6.07, 6.45) is 11.6. The third kappa shape index (κ3) is 4.91. The fraction of sp³-hybridized carbons (Fsp3) is 0.828. The molecule has 1 N–H and O–H groups in total. The van der Waals surface area contributed by atoms with E-state index in [2.05, 4.69) is 25.2 Å². The van der Waals surface area contributed by atoms with E-state index in [0.29, 0.717) is 30.6 Å². The average Bonchev–Trinajstić information content (AvgIpc) is 3.05. The van der Waals surface area contributed by atoms with Crippen molar-refractivity contribution < 1.29 is 23.9 Å². The van der Waals surface area contributed by atoms with E-state index < -0.39 is 0 Å². The van der Waals surface area contributed by atoms with Gasteiger partial charge in [0, 0.05) is 26.2 Å². The molecule has 0 saturated heterocycles. The van der Waals surface area contributed by atoms with Crippen LogP contribution in [-0.2, 0) is 23.9 Å². The van der Waals surface area contributed by atoms with Crippen LogP contribution in [0.25, 0.3) is 0 Å². The van der Waals surface area contributed by atoms with Gasteiger partial charge in [-0.25, -0.2) is 0 Å². The first-order valence-electron chi connectivity index (χ1n) is 14.0. The summed E-state index contributed by atoms with van der Waals surface area (Å²) in [5.41, 5.74) is 1.54. The van der Waals surface area contributed by atoms with Crippen molar-refractivity contribution in [1.82, 2.24) is 5.32 Å². The first-order chi connectivity index (χ1) is 16.6. The summed E-state index contributed by atoms with van der Waals surface area (Å²) in [4.78, 5) is 36.7. The highest BCUT2D eigenvalue weighted by atomic mass is 16.5. The van der Waals surface area contributed by atoms with E-state index in [1.807, 2.05) is 13.8 Å². The number of allylic oxidation sites excluding steroid dienone is 1. The van der Waals surface area contributed by atoms with Crippen molar-refractivity contribution in [3.8, 4) is 0 Å². The lowest BCUT2D eigenvalue weighted by Gasteiger charge is -2.57. The highest BCUT2D eigenvalue weighted by molar-refractivity contribution is 5.74. The minimum atomic E-state index is -0.251. The summed E-state index contributed by atoms with van der Waals surface area (Å²) in [5, 5.41) is 3.19. The Hall–Kier alpha value is -1.85. The van der Waals surface area contributed by atoms with Gasteiger partial charge in [-0.3, -0.25) is 14.4 Å². The van der Waals surface area contributed by atoms with Gasteiger partial charge >= 0.3 is 11.9 Å². The number of hydrogen-bond donors (Lipinski definition) is 1. The molecule has 4 aliphatic carbocycles. The third-order valence-corrected chi connectivity index (χ3v) is 9.91. The summed E-state index contributed by atoms with van der Waals surface area (Å²) < 4.78 is 11.8. The van der Waals surface area contributed by atoms with E-state index in [1.54, 1.807) is 6.92 Å². The van der Waals surface area contributed by atoms with Crippen LogP contribution in [0.2, 0.25) is 0 Å². The Morgan fingerprint density at radius 3 is 2.34 bits per heavy atom. The number of fused-ring (bicyclic) bond motifs is 5. The molecule has 6 nitrogen and oxygen atoms in total. The Balaban J connectivity index is 1.54. The molecule has 8 unspecified atom stereocenters. The van der Waals surface area contributed by atoms with Crippen molar-refractivity contribution in [2.24, 2.45) is 28.6 Å². The van der Waals surface area contributed by atoms with Crippen LogP contribution in [0.15, 0.2) is 11.6 Å². The molecular formula is C29H45NO5. The first-order valence-corrected chi connectivity index (χ1v) is 14.0. The number of ether oxygens (including phenoxy) is 2. The van der Waals surface area contributed by atoms with E-state index in [-0.39, 0.29) is 46.9 Å². The molecule has 0 heterocycles. The van der Waals surface area contributed by atoms with Crippen molar-refractivity contribution in [2.75, 3.05) is 0 Å². The molecule has 0 spiro atoms.